The predicted octanol–water partition coefficient (Wildman–Crippen LogP) is 0.357. The third-order valence-corrected chi connectivity index (χ3v) is 24.1. The van der Waals surface area contributed by atoms with Gasteiger partial charge in [0.2, 0.25) is 53.4 Å². The normalized spacial score (nSPS) is 29.5. The van der Waals surface area contributed by atoms with Gasteiger partial charge in [0, 0.05) is 48.3 Å². The number of aromatic hydroxyl groups is 3. The molecule has 42 heteroatoms. The largest absolute Gasteiger partial charge is 0.507 e. The minimum atomic E-state index is -2.45. The Kier molecular flexibility index (Phi) is 33.4. The highest BCUT2D eigenvalue weighted by atomic mass is 35.5. The minimum Gasteiger partial charge on any atom is -0.507 e. The lowest BCUT2D eigenvalue weighted by molar-refractivity contribution is -0.334. The van der Waals surface area contributed by atoms with Crippen molar-refractivity contribution >= 4 is 70.5 Å². The van der Waals surface area contributed by atoms with Crippen LogP contribution in [0.5, 0.6) is 46.0 Å². The van der Waals surface area contributed by atoms with Crippen LogP contribution in [0.2, 0.25) is 10.0 Å². The number of carbonyl (C=O) groups is 8. The number of likely N-dealkylation sites (N-methyl/N-ethyl adjacent to an activating group) is 1. The van der Waals surface area contributed by atoms with Gasteiger partial charge in [-0.15, -0.1) is 0 Å². The Bertz CT molecular complexity index is 4770. The number of ether oxygens (including phenoxy) is 7. The van der Waals surface area contributed by atoms with Crippen LogP contribution in [0.3, 0.4) is 0 Å². The summed E-state index contributed by atoms with van der Waals surface area (Å²) in [5, 5.41) is 188. The van der Waals surface area contributed by atoms with Crippen molar-refractivity contribution < 1.29 is 143 Å². The highest BCUT2D eigenvalue weighted by molar-refractivity contribution is 6.32. The quantitative estimate of drug-likeness (QED) is 0.0276. The number of aliphatic hydroxyl groups excluding tert-OH is 10. The van der Waals surface area contributed by atoms with Crippen molar-refractivity contribution in [3.05, 3.63) is 116 Å². The third-order valence-electron chi connectivity index (χ3n) is 23.5. The summed E-state index contributed by atoms with van der Waals surface area (Å²) in [6.45, 7) is 8.04. The van der Waals surface area contributed by atoms with Gasteiger partial charge in [0.1, 0.15) is 108 Å². The molecular formula is C85H113Cl2N11O29. The van der Waals surface area contributed by atoms with Crippen molar-refractivity contribution in [2.75, 3.05) is 39.9 Å². The van der Waals surface area contributed by atoms with E-state index in [1.165, 1.54) is 38.4 Å². The number of halogens is 2. The lowest BCUT2D eigenvalue weighted by Crippen LogP contribution is -2.65. The maximum Gasteiger partial charge on any atom is 0.330 e. The number of carboxylic acids is 1. The van der Waals surface area contributed by atoms with Gasteiger partial charge in [-0.3, -0.25) is 33.6 Å². The molecule has 0 aromatic heterocycles. The van der Waals surface area contributed by atoms with Crippen molar-refractivity contribution in [1.29, 1.82) is 0 Å². The zero-order valence-electron chi connectivity index (χ0n) is 70.4. The number of fused-ring (bicyclic) bond motifs is 15. The molecule has 23 atom stereocenters. The van der Waals surface area contributed by atoms with E-state index in [0.717, 1.165) is 99.3 Å². The molecule has 13 rings (SSSR count). The Morgan fingerprint density at radius 1 is 0.646 bits per heavy atom. The molecule has 1 unspecified atom stereocenters. The number of nitrogens with one attached hydrogen (secondary N) is 10. The molecule has 0 aliphatic carbocycles. The second kappa shape index (κ2) is 43.3. The topological polar surface area (TPSA) is 631 Å². The molecule has 696 valence electrons. The van der Waals surface area contributed by atoms with Crippen molar-refractivity contribution in [2.24, 2.45) is 11.7 Å². The van der Waals surface area contributed by atoms with E-state index < -0.39 is 297 Å². The molecule has 8 heterocycles. The first-order chi connectivity index (χ1) is 60.4. The van der Waals surface area contributed by atoms with Gasteiger partial charge >= 0.3 is 5.97 Å². The molecule has 3 saturated heterocycles. The number of hydrogen-bond donors (Lipinski definition) is 25. The molecule has 26 N–H and O–H groups in total. The minimum absolute atomic E-state index is 0.130. The number of carboxylic acid groups (broad SMARTS) is 1. The van der Waals surface area contributed by atoms with E-state index in [2.05, 4.69) is 60.1 Å². The summed E-state index contributed by atoms with van der Waals surface area (Å²) in [6, 6.07) is -4.21. The van der Waals surface area contributed by atoms with E-state index in [1.807, 2.05) is 13.8 Å². The number of benzene rings is 5. The summed E-state index contributed by atoms with van der Waals surface area (Å²) in [7, 11) is 1.46. The van der Waals surface area contributed by atoms with Crippen molar-refractivity contribution in [1.82, 2.24) is 53.2 Å². The number of phenolic OH excluding ortho intramolecular Hbond substituents is 3. The van der Waals surface area contributed by atoms with E-state index in [9.17, 15) is 85.9 Å². The summed E-state index contributed by atoms with van der Waals surface area (Å²) >= 11 is 14.4. The Morgan fingerprint density at radius 3 is 1.86 bits per heavy atom. The number of amides is 7. The van der Waals surface area contributed by atoms with Crippen LogP contribution in [0.25, 0.3) is 11.1 Å². The molecule has 0 spiro atoms. The van der Waals surface area contributed by atoms with Gasteiger partial charge in [0.15, 0.2) is 36.2 Å². The number of unbranched alkanes of at least 4 members (excludes halogenated alkanes) is 7. The first-order valence-corrected chi connectivity index (χ1v) is 42.8. The highest BCUT2D eigenvalue weighted by Crippen LogP contribution is 2.51. The van der Waals surface area contributed by atoms with Gasteiger partial charge in [-0.1, -0.05) is 107 Å². The van der Waals surface area contributed by atoms with E-state index in [-0.39, 0.29) is 35.6 Å². The zero-order valence-corrected chi connectivity index (χ0v) is 72.0. The summed E-state index contributed by atoms with van der Waals surface area (Å²) < 4.78 is 44.8. The Hall–Kier alpha value is -9.48. The number of aliphatic carboxylic acids is 1. The fraction of sp³-hybridized carbons (Fsp3) is 0.553. The fourth-order valence-corrected chi connectivity index (χ4v) is 16.8. The fourth-order valence-electron chi connectivity index (χ4n) is 16.4. The first-order valence-electron chi connectivity index (χ1n) is 42.1. The Morgan fingerprint density at radius 2 is 1.24 bits per heavy atom. The number of hydrogen-bond acceptors (Lipinski definition) is 32. The molecule has 0 saturated carbocycles. The molecule has 5 aromatic rings. The lowest BCUT2D eigenvalue weighted by atomic mass is 9.85. The second-order valence-electron chi connectivity index (χ2n) is 33.2. The number of aliphatic hydroxyl groups is 10. The molecule has 3 fully saturated rings. The van der Waals surface area contributed by atoms with Gasteiger partial charge in [0.25, 0.3) is 0 Å². The third kappa shape index (κ3) is 22.9. The van der Waals surface area contributed by atoms with E-state index in [1.54, 1.807) is 13.8 Å². The second-order valence-corrected chi connectivity index (χ2v) is 34.0. The molecule has 5 aromatic carbocycles. The van der Waals surface area contributed by atoms with Crippen molar-refractivity contribution in [2.45, 2.75) is 252 Å². The number of primary amides is 1. The monoisotopic (exact) mass is 1820 g/mol. The number of carbonyl (C=O) groups excluding carboxylic acids is 7. The zero-order chi connectivity index (χ0) is 92.3. The summed E-state index contributed by atoms with van der Waals surface area (Å²) in [6.07, 6.45) is -16.9. The summed E-state index contributed by atoms with van der Waals surface area (Å²) in [4.78, 5) is 120. The SMILES string of the molecule is CCCCCCCCCCNCCN[C@@]1(C)C[C@H](O[C@H]2[C@H](Oc3c4cc5cc3Oc3ccc(cc3Cl)[C@@H](O)[C@@H](NC(=O)[C@@H](CC(C)C)NC)C(=O)N[C@@H](CC(N)=O)C(=O)N[C@H]5C(=O)N[C@H]3C(=O)N[C@H](C(=O)N[C@H](C(=O)O)c5cc(O)c(CN[C@@H]6C(O)O[C@H](CO)[C@@H](O)[C@@H]6O)c(O)c5-c5cc3ccc5O)[C@H](O)c3ccc(c(Cl)c3)O4)O[C@H](CO)[C@@H](O)[C@@H]2O)O[C@@H](C)[C@H]1O. The molecule has 11 bridgehead atoms. The number of phenols is 3. The average molecular weight is 1820 g/mol. The molecule has 8 aliphatic rings. The van der Waals surface area contributed by atoms with E-state index in [4.69, 9.17) is 62.1 Å². The molecule has 0 radical (unpaired) electrons. The van der Waals surface area contributed by atoms with Crippen LogP contribution < -0.4 is 73.1 Å². The van der Waals surface area contributed by atoms with Crippen molar-refractivity contribution in [3.63, 3.8) is 0 Å². The number of rotatable bonds is 30. The maximum atomic E-state index is 16.5. The van der Waals surface area contributed by atoms with Gasteiger partial charge < -0.3 is 164 Å². The Balaban J connectivity index is 1.09. The maximum absolute atomic E-state index is 16.5. The van der Waals surface area contributed by atoms with Gasteiger partial charge in [-0.05, 0) is 123 Å². The average Bonchev–Trinajstić information content (AvgIpc) is 0.763. The van der Waals surface area contributed by atoms with Crippen LogP contribution in [0.15, 0.2) is 72.8 Å². The van der Waals surface area contributed by atoms with Crippen LogP contribution in [-0.2, 0) is 63.8 Å². The van der Waals surface area contributed by atoms with Crippen LogP contribution in [0.1, 0.15) is 169 Å². The first kappa shape index (κ1) is 98.1. The van der Waals surface area contributed by atoms with E-state index in [0.29, 0.717) is 13.1 Å². The molecule has 8 aliphatic heterocycles. The van der Waals surface area contributed by atoms with Crippen LogP contribution in [-0.4, -0.2) is 268 Å². The van der Waals surface area contributed by atoms with Gasteiger partial charge in [0.05, 0.1) is 59.5 Å². The summed E-state index contributed by atoms with van der Waals surface area (Å²) in [5.41, 5.74) is 0.426. The molecular weight excluding hydrogens is 1710 g/mol. The standard InChI is InChI=1S/C85H113Cl2N11O29/c1-7-8-9-10-11-12-13-14-21-90-22-23-92-85(5)32-58(121-37(4)75(85)111)126-74-72(110)70(108)56(35-100)125-84(74)127-73-53-28-41-29-54(73)123-52-20-17-40(27-46(52)87)67(105)64-81(117)96-62(82(118)119)43-30-50(102)44(33-91-65-71(109)69(107)55(34-99)124-83(65)120)68(106)59(43)42-25-38(15-18-49(42)101)60(78(114)98-64)95-79(115)61(41)94-77(113)48(31-57(88)103)93-80(116)63(97-76(112)47(89-6)24-36(2)3)66(104)39-16-19-51(122-53)45(86)26-39/h15-20,25-30,36-37,47-48,55-56,58,60-67,69-72,74-75,83-84,89-92,99-102,104-111,120H,7-14,21-24,31-35H2,1-6H3,(H2,88,103)(H,93,116)(H,94,113)(H,95,115)(H,96,117)(H,97,112)(H,98,114)(H,118,119)/t37-,47+,48-,55+,56+,58-,60+,61+,62-,63+,64-,65-,66+,67+,69+,70+,71+,72-,74+,75+,83?,84-,85-/m0/s1. The van der Waals surface area contributed by atoms with Gasteiger partial charge in [-0.2, -0.15) is 0 Å². The molecule has 127 heavy (non-hydrogen) atoms. The smallest absolute Gasteiger partial charge is 0.330 e. The van der Waals surface area contributed by atoms with Gasteiger partial charge in [-0.25, -0.2) is 4.79 Å². The van der Waals surface area contributed by atoms with Crippen LogP contribution in [0.4, 0.5) is 0 Å². The van der Waals surface area contributed by atoms with Crippen LogP contribution in [0, 0.1) is 5.92 Å². The predicted molar refractivity (Wildman–Crippen MR) is 449 cm³/mol. The Labute approximate surface area is 739 Å². The van der Waals surface area contributed by atoms with Crippen molar-refractivity contribution in [3.8, 4) is 57.1 Å². The lowest BCUT2D eigenvalue weighted by Gasteiger charge is -2.48. The number of nitrogens with two attached hydrogens (primary N) is 1. The molecule has 7 amide bonds. The van der Waals surface area contributed by atoms with Crippen LogP contribution >= 0.6 is 23.2 Å². The van der Waals surface area contributed by atoms with E-state index >= 15 is 24.0 Å². The summed E-state index contributed by atoms with van der Waals surface area (Å²) in [5.74, 6) is -17.3. The molecule has 40 nitrogen and oxygen atoms in total. The highest BCUT2D eigenvalue weighted by Gasteiger charge is 2.53.